The van der Waals surface area contributed by atoms with E-state index in [4.69, 9.17) is 10.5 Å². The average molecular weight is 399 g/mol. The van der Waals surface area contributed by atoms with Crippen LogP contribution in [0.15, 0.2) is 45.9 Å². The molecule has 0 saturated carbocycles. The van der Waals surface area contributed by atoms with Crippen molar-refractivity contribution in [3.05, 3.63) is 51.4 Å². The van der Waals surface area contributed by atoms with Gasteiger partial charge in [0.2, 0.25) is 0 Å². The predicted octanol–water partition coefficient (Wildman–Crippen LogP) is 5.32. The van der Waals surface area contributed by atoms with Crippen molar-refractivity contribution in [2.45, 2.75) is 6.92 Å². The molecule has 2 rings (SSSR count). The summed E-state index contributed by atoms with van der Waals surface area (Å²) >= 11 is 6.83. The molecule has 0 spiro atoms. The molecule has 0 aliphatic heterocycles. The zero-order valence-electron chi connectivity index (χ0n) is 10.8. The number of hydrogen-bond acceptors (Lipinski definition) is 3. The van der Waals surface area contributed by atoms with Gasteiger partial charge < -0.3 is 15.6 Å². The van der Waals surface area contributed by atoms with Crippen LogP contribution in [0.4, 0.5) is 5.69 Å². The molecule has 2 aromatic carbocycles. The SMILES string of the molecule is C=C(C)c1cc(Oc2c(Br)cc(N)cc2Br)ccc1O. The summed E-state index contributed by atoms with van der Waals surface area (Å²) in [5.41, 5.74) is 7.80. The first-order valence-electron chi connectivity index (χ1n) is 5.79. The minimum absolute atomic E-state index is 0.181. The lowest BCUT2D eigenvalue weighted by Crippen LogP contribution is -1.91. The molecule has 5 heteroatoms. The average Bonchev–Trinajstić information content (AvgIpc) is 2.35. The summed E-state index contributed by atoms with van der Waals surface area (Å²) in [5, 5.41) is 9.77. The molecule has 0 heterocycles. The fourth-order valence-electron chi connectivity index (χ4n) is 1.72. The maximum Gasteiger partial charge on any atom is 0.155 e. The number of allylic oxidation sites excluding steroid dienone is 1. The van der Waals surface area contributed by atoms with Crippen molar-refractivity contribution in [3.63, 3.8) is 0 Å². The van der Waals surface area contributed by atoms with E-state index >= 15 is 0 Å². The first-order chi connectivity index (χ1) is 9.38. The topological polar surface area (TPSA) is 55.5 Å². The number of nitrogen functional groups attached to an aromatic ring is 1. The quantitative estimate of drug-likeness (QED) is 0.687. The van der Waals surface area contributed by atoms with Gasteiger partial charge in [0.25, 0.3) is 0 Å². The summed E-state index contributed by atoms with van der Waals surface area (Å²) in [7, 11) is 0. The summed E-state index contributed by atoms with van der Waals surface area (Å²) in [6, 6.07) is 8.54. The van der Waals surface area contributed by atoms with Gasteiger partial charge in [0.15, 0.2) is 5.75 Å². The second-order valence-electron chi connectivity index (χ2n) is 4.38. The van der Waals surface area contributed by atoms with Crippen LogP contribution in [0.1, 0.15) is 12.5 Å². The van der Waals surface area contributed by atoms with Crippen molar-refractivity contribution >= 4 is 43.1 Å². The first-order valence-corrected chi connectivity index (χ1v) is 7.38. The van der Waals surface area contributed by atoms with Gasteiger partial charge in [0.05, 0.1) is 8.95 Å². The van der Waals surface area contributed by atoms with Crippen molar-refractivity contribution in [2.75, 3.05) is 5.73 Å². The molecule has 0 aromatic heterocycles. The number of ether oxygens (including phenoxy) is 1. The molecule has 0 fully saturated rings. The summed E-state index contributed by atoms with van der Waals surface area (Å²) < 4.78 is 7.33. The Hall–Kier alpha value is -1.46. The Kier molecular flexibility index (Phi) is 4.40. The number of phenolic OH excluding ortho intramolecular Hbond substituents is 1. The van der Waals surface area contributed by atoms with Gasteiger partial charge in [-0.05, 0) is 74.7 Å². The highest BCUT2D eigenvalue weighted by Crippen LogP contribution is 2.39. The van der Waals surface area contributed by atoms with Crippen LogP contribution < -0.4 is 10.5 Å². The Morgan fingerprint density at radius 2 is 1.80 bits per heavy atom. The van der Waals surface area contributed by atoms with E-state index in [0.717, 1.165) is 14.5 Å². The molecule has 0 aliphatic carbocycles. The zero-order valence-corrected chi connectivity index (χ0v) is 14.0. The van der Waals surface area contributed by atoms with Crippen molar-refractivity contribution in [3.8, 4) is 17.2 Å². The molecular formula is C15H13Br2NO2. The van der Waals surface area contributed by atoms with Crippen LogP contribution in [0.2, 0.25) is 0 Å². The first kappa shape index (κ1) is 14.9. The lowest BCUT2D eigenvalue weighted by molar-refractivity contribution is 0.460. The van der Waals surface area contributed by atoms with Gasteiger partial charge in [-0.15, -0.1) is 0 Å². The van der Waals surface area contributed by atoms with Crippen molar-refractivity contribution < 1.29 is 9.84 Å². The van der Waals surface area contributed by atoms with Gasteiger partial charge in [-0.3, -0.25) is 0 Å². The van der Waals surface area contributed by atoms with Crippen LogP contribution in [0, 0.1) is 0 Å². The molecule has 20 heavy (non-hydrogen) atoms. The van der Waals surface area contributed by atoms with Crippen LogP contribution in [0.5, 0.6) is 17.2 Å². The molecule has 0 bridgehead atoms. The zero-order chi connectivity index (χ0) is 14.9. The lowest BCUT2D eigenvalue weighted by atomic mass is 10.1. The highest BCUT2D eigenvalue weighted by Gasteiger charge is 2.11. The molecular weight excluding hydrogens is 386 g/mol. The van der Waals surface area contributed by atoms with Gasteiger partial charge in [0.1, 0.15) is 11.5 Å². The standard InChI is InChI=1S/C15H13Br2NO2/c1-8(2)11-7-10(3-4-14(11)19)20-15-12(16)5-9(18)6-13(15)17/h3-7,19H,1,18H2,2H3. The van der Waals surface area contributed by atoms with E-state index in [1.165, 1.54) is 0 Å². The maximum absolute atomic E-state index is 9.77. The fraction of sp³-hybridized carbons (Fsp3) is 0.0667. The molecule has 3 nitrogen and oxygen atoms in total. The monoisotopic (exact) mass is 397 g/mol. The summed E-state index contributed by atoms with van der Waals surface area (Å²) in [5.74, 6) is 1.41. The van der Waals surface area contributed by atoms with Crippen LogP contribution in [-0.2, 0) is 0 Å². The van der Waals surface area contributed by atoms with Gasteiger partial charge in [-0.25, -0.2) is 0 Å². The Balaban J connectivity index is 2.41. The third kappa shape index (κ3) is 3.16. The second kappa shape index (κ2) is 5.89. The van der Waals surface area contributed by atoms with E-state index < -0.39 is 0 Å². The van der Waals surface area contributed by atoms with E-state index in [2.05, 4.69) is 38.4 Å². The lowest BCUT2D eigenvalue weighted by Gasteiger charge is -2.12. The molecule has 0 aliphatic rings. The maximum atomic E-state index is 9.77. The van der Waals surface area contributed by atoms with Crippen LogP contribution >= 0.6 is 31.9 Å². The number of benzene rings is 2. The number of anilines is 1. The van der Waals surface area contributed by atoms with Crippen LogP contribution in [0.3, 0.4) is 0 Å². The van der Waals surface area contributed by atoms with Crippen molar-refractivity contribution in [1.29, 1.82) is 0 Å². The molecule has 0 unspecified atom stereocenters. The number of nitrogens with two attached hydrogens (primary N) is 1. The van der Waals surface area contributed by atoms with Crippen LogP contribution in [-0.4, -0.2) is 5.11 Å². The Bertz CT molecular complexity index is 661. The largest absolute Gasteiger partial charge is 0.507 e. The highest BCUT2D eigenvalue weighted by molar-refractivity contribution is 9.11. The number of rotatable bonds is 3. The molecule has 0 radical (unpaired) electrons. The second-order valence-corrected chi connectivity index (χ2v) is 6.08. The van der Waals surface area contributed by atoms with E-state index in [9.17, 15) is 5.11 Å². The normalized spacial score (nSPS) is 10.3. The number of halogens is 2. The van der Waals surface area contributed by atoms with E-state index in [1.807, 2.05) is 6.92 Å². The summed E-state index contributed by atoms with van der Waals surface area (Å²) in [6.07, 6.45) is 0. The smallest absolute Gasteiger partial charge is 0.155 e. The highest BCUT2D eigenvalue weighted by atomic mass is 79.9. The van der Waals surface area contributed by atoms with E-state index in [1.54, 1.807) is 30.3 Å². The number of hydrogen-bond donors (Lipinski definition) is 2. The Morgan fingerprint density at radius 1 is 1.20 bits per heavy atom. The molecule has 0 atom stereocenters. The molecule has 104 valence electrons. The molecule has 2 aromatic rings. The van der Waals surface area contributed by atoms with Gasteiger partial charge in [-0.1, -0.05) is 6.58 Å². The third-order valence-electron chi connectivity index (χ3n) is 2.67. The summed E-state index contributed by atoms with van der Waals surface area (Å²) in [4.78, 5) is 0. The Labute approximate surface area is 134 Å². The molecule has 0 amide bonds. The molecule has 3 N–H and O–H groups in total. The number of phenols is 1. The van der Waals surface area contributed by atoms with Crippen LogP contribution in [0.25, 0.3) is 5.57 Å². The fourth-order valence-corrected chi connectivity index (χ4v) is 3.10. The minimum Gasteiger partial charge on any atom is -0.507 e. The predicted molar refractivity (Wildman–Crippen MR) is 89.1 cm³/mol. The van der Waals surface area contributed by atoms with Crippen molar-refractivity contribution in [2.24, 2.45) is 0 Å². The van der Waals surface area contributed by atoms with E-state index in [0.29, 0.717) is 22.7 Å². The van der Waals surface area contributed by atoms with Crippen molar-refractivity contribution in [1.82, 2.24) is 0 Å². The number of aromatic hydroxyl groups is 1. The third-order valence-corrected chi connectivity index (χ3v) is 3.85. The molecule has 0 saturated heterocycles. The summed E-state index contributed by atoms with van der Waals surface area (Å²) in [6.45, 7) is 5.66. The van der Waals surface area contributed by atoms with Gasteiger partial charge >= 0.3 is 0 Å². The van der Waals surface area contributed by atoms with Gasteiger partial charge in [0, 0.05) is 11.3 Å². The minimum atomic E-state index is 0.181. The van der Waals surface area contributed by atoms with Gasteiger partial charge in [-0.2, -0.15) is 0 Å². The Morgan fingerprint density at radius 3 is 2.35 bits per heavy atom. The van der Waals surface area contributed by atoms with E-state index in [-0.39, 0.29) is 5.75 Å².